The van der Waals surface area contributed by atoms with Crippen LogP contribution in [-0.2, 0) is 32.9 Å². The SMILES string of the molecule is C[CH-]c1ccc2c(c1)Oc1cc(C(C)(C)C)ccc1[Se]2c1ccc(CCO)cc1.[W]. The third-order valence-electron chi connectivity index (χ3n) is 5.33. The number of aliphatic hydroxyl groups excluding tert-OH is 1. The topological polar surface area (TPSA) is 29.5 Å². The number of benzene rings is 3. The molecule has 1 aliphatic heterocycles. The Kier molecular flexibility index (Phi) is 7.20. The Morgan fingerprint density at radius 1 is 0.900 bits per heavy atom. The smallest absolute Gasteiger partial charge is 0 e. The van der Waals surface area contributed by atoms with Crippen molar-refractivity contribution < 1.29 is 30.9 Å². The summed E-state index contributed by atoms with van der Waals surface area (Å²) in [5.74, 6) is 1.99. The van der Waals surface area contributed by atoms with Crippen LogP contribution in [0.4, 0.5) is 0 Å². The van der Waals surface area contributed by atoms with Crippen LogP contribution in [0, 0.1) is 6.42 Å². The van der Waals surface area contributed by atoms with Gasteiger partial charge in [0.2, 0.25) is 0 Å². The molecule has 0 atom stereocenters. The van der Waals surface area contributed by atoms with Gasteiger partial charge in [0, 0.05) is 21.1 Å². The number of fused-ring (bicyclic) bond motifs is 2. The van der Waals surface area contributed by atoms with Crippen LogP contribution in [0.5, 0.6) is 11.5 Å². The van der Waals surface area contributed by atoms with Crippen LogP contribution in [0.25, 0.3) is 0 Å². The van der Waals surface area contributed by atoms with Gasteiger partial charge < -0.3 is 0 Å². The van der Waals surface area contributed by atoms with Gasteiger partial charge in [-0.2, -0.15) is 0 Å². The zero-order chi connectivity index (χ0) is 20.6. The van der Waals surface area contributed by atoms with E-state index in [1.165, 1.54) is 30.1 Å². The van der Waals surface area contributed by atoms with Crippen molar-refractivity contribution in [2.75, 3.05) is 6.61 Å². The number of ether oxygens (including phenoxy) is 1. The average molecular weight is 635 g/mol. The van der Waals surface area contributed by atoms with Crippen molar-refractivity contribution in [1.29, 1.82) is 0 Å². The first-order valence-corrected chi connectivity index (χ1v) is 12.7. The molecule has 0 aromatic heterocycles. The summed E-state index contributed by atoms with van der Waals surface area (Å²) in [6.07, 6.45) is 2.81. The van der Waals surface area contributed by atoms with Crippen LogP contribution >= 0.6 is 0 Å². The molecule has 4 rings (SSSR count). The molecule has 1 N–H and O–H groups in total. The molecule has 0 bridgehead atoms. The average Bonchev–Trinajstić information content (AvgIpc) is 2.71. The largest absolute Gasteiger partial charge is 0 e. The Morgan fingerprint density at radius 2 is 1.53 bits per heavy atom. The van der Waals surface area contributed by atoms with Gasteiger partial charge in [0.25, 0.3) is 0 Å². The summed E-state index contributed by atoms with van der Waals surface area (Å²) in [6, 6.07) is 22.2. The fourth-order valence-corrected chi connectivity index (χ4v) is 8.13. The normalized spacial score (nSPS) is 13.0. The molecule has 0 saturated heterocycles. The van der Waals surface area contributed by atoms with E-state index in [1.54, 1.807) is 0 Å². The van der Waals surface area contributed by atoms with Crippen LogP contribution in [-0.4, -0.2) is 25.6 Å². The molecular weight excluding hydrogens is 607 g/mol. The first kappa shape index (κ1) is 23.2. The predicted molar refractivity (Wildman–Crippen MR) is 123 cm³/mol. The minimum absolute atomic E-state index is 0. The molecule has 1 aliphatic rings. The van der Waals surface area contributed by atoms with E-state index in [4.69, 9.17) is 4.74 Å². The zero-order valence-corrected chi connectivity index (χ0v) is 22.6. The van der Waals surface area contributed by atoms with E-state index in [9.17, 15) is 5.11 Å². The monoisotopic (exact) mass is 636 g/mol. The van der Waals surface area contributed by atoms with Crippen molar-refractivity contribution in [1.82, 2.24) is 0 Å². The molecule has 0 spiro atoms. The summed E-state index contributed by atoms with van der Waals surface area (Å²) < 4.78 is 10.5. The maximum absolute atomic E-state index is 9.23. The van der Waals surface area contributed by atoms with Gasteiger partial charge in [0.1, 0.15) is 0 Å². The Bertz CT molecular complexity index is 1020. The molecule has 30 heavy (non-hydrogen) atoms. The van der Waals surface area contributed by atoms with Gasteiger partial charge >= 0.3 is 179 Å². The Labute approximate surface area is 198 Å². The van der Waals surface area contributed by atoms with E-state index in [0.717, 1.165) is 11.5 Å². The summed E-state index contributed by atoms with van der Waals surface area (Å²) in [5, 5.41) is 9.23. The fraction of sp³-hybridized carbons (Fsp3) is 0.269. The van der Waals surface area contributed by atoms with E-state index < -0.39 is 13.9 Å². The van der Waals surface area contributed by atoms with Gasteiger partial charge in [0.05, 0.1) is 0 Å². The minimum Gasteiger partial charge on any atom is 0 e. The van der Waals surface area contributed by atoms with Crippen LogP contribution < -0.4 is 18.1 Å². The van der Waals surface area contributed by atoms with E-state index in [0.29, 0.717) is 6.42 Å². The second-order valence-corrected chi connectivity index (χ2v) is 12.6. The molecule has 3 aromatic rings. The van der Waals surface area contributed by atoms with E-state index in [-0.39, 0.29) is 33.1 Å². The molecule has 157 valence electrons. The first-order chi connectivity index (χ1) is 13.9. The quantitative estimate of drug-likeness (QED) is 0.274. The molecule has 0 amide bonds. The van der Waals surface area contributed by atoms with E-state index >= 15 is 0 Å². The molecule has 4 heteroatoms. The number of aliphatic hydroxyl groups is 1. The molecular formula is C26H28O2SeW-. The summed E-state index contributed by atoms with van der Waals surface area (Å²) in [4.78, 5) is 0. The zero-order valence-electron chi connectivity index (χ0n) is 17.9. The first-order valence-electron chi connectivity index (χ1n) is 10.1. The number of hydrogen-bond acceptors (Lipinski definition) is 2. The molecule has 0 unspecified atom stereocenters. The maximum atomic E-state index is 9.23. The van der Waals surface area contributed by atoms with Crippen LogP contribution in [0.3, 0.4) is 0 Å². The Hall–Kier alpha value is -1.50. The predicted octanol–water partition coefficient (Wildman–Crippen LogP) is 3.71. The van der Waals surface area contributed by atoms with Gasteiger partial charge in [0.15, 0.2) is 0 Å². The molecule has 0 fully saturated rings. The Balaban J connectivity index is 0.00000256. The van der Waals surface area contributed by atoms with E-state index in [1.807, 2.05) is 0 Å². The second-order valence-electron chi connectivity index (χ2n) is 8.43. The summed E-state index contributed by atoms with van der Waals surface area (Å²) >= 11 is -1.45. The van der Waals surface area contributed by atoms with Crippen molar-refractivity contribution in [2.24, 2.45) is 0 Å². The Morgan fingerprint density at radius 3 is 2.13 bits per heavy atom. The van der Waals surface area contributed by atoms with Crippen molar-refractivity contribution in [3.8, 4) is 11.5 Å². The fourth-order valence-electron chi connectivity index (χ4n) is 3.59. The van der Waals surface area contributed by atoms with Crippen molar-refractivity contribution >= 4 is 27.3 Å². The number of rotatable bonds is 4. The van der Waals surface area contributed by atoms with Crippen LogP contribution in [0.2, 0.25) is 0 Å². The van der Waals surface area contributed by atoms with E-state index in [2.05, 4.69) is 94.8 Å². The molecule has 0 aliphatic carbocycles. The van der Waals surface area contributed by atoms with Gasteiger partial charge in [-0.15, -0.1) is 0 Å². The number of hydrogen-bond donors (Lipinski definition) is 1. The summed E-state index contributed by atoms with van der Waals surface area (Å²) in [7, 11) is 0. The third-order valence-corrected chi connectivity index (χ3v) is 10.2. The van der Waals surface area contributed by atoms with Crippen LogP contribution in [0.15, 0.2) is 60.7 Å². The molecule has 1 radical (unpaired) electrons. The second kappa shape index (κ2) is 9.33. The van der Waals surface area contributed by atoms with Gasteiger partial charge in [-0.25, -0.2) is 0 Å². The summed E-state index contributed by atoms with van der Waals surface area (Å²) in [5.41, 5.74) is 3.73. The summed E-state index contributed by atoms with van der Waals surface area (Å²) in [6.45, 7) is 8.96. The molecule has 1 heterocycles. The standard InChI is InChI=1S/C26H28O2Se.W/c1-5-18-8-12-24-22(16-18)28-23-17-20(26(2,3)4)9-13-25(23)29(24)21-10-6-19(7-11-21)14-15-27;/h5-13,16-17,27H,14-15H2,1-4H3;/q-1;. The van der Waals surface area contributed by atoms with Crippen molar-refractivity contribution in [3.63, 3.8) is 0 Å². The van der Waals surface area contributed by atoms with Gasteiger partial charge in [-0.3, -0.25) is 0 Å². The third kappa shape index (κ3) is 4.56. The molecule has 0 saturated carbocycles. The maximum Gasteiger partial charge on any atom is 0 e. The van der Waals surface area contributed by atoms with Crippen molar-refractivity contribution in [2.45, 2.75) is 39.5 Å². The molecule has 3 aromatic carbocycles. The van der Waals surface area contributed by atoms with Crippen LogP contribution in [0.1, 0.15) is 44.4 Å². The van der Waals surface area contributed by atoms with Gasteiger partial charge in [-0.1, -0.05) is 0 Å². The minimum atomic E-state index is -1.45. The van der Waals surface area contributed by atoms with Crippen molar-refractivity contribution in [3.05, 3.63) is 83.8 Å². The molecule has 2 nitrogen and oxygen atoms in total. The van der Waals surface area contributed by atoms with Gasteiger partial charge in [-0.05, 0) is 0 Å².